The van der Waals surface area contributed by atoms with E-state index in [2.05, 4.69) is 0 Å². The third-order valence-electron chi connectivity index (χ3n) is 2.05. The van der Waals surface area contributed by atoms with Crippen LogP contribution in [-0.4, -0.2) is 42.9 Å². The molecule has 1 aliphatic heterocycles. The van der Waals surface area contributed by atoms with E-state index in [1.807, 2.05) is 13.8 Å². The third kappa shape index (κ3) is 6.23. The first-order valence-electron chi connectivity index (χ1n) is 5.55. The predicted molar refractivity (Wildman–Crippen MR) is 58.7 cm³/mol. The quantitative estimate of drug-likeness (QED) is 0.711. The summed E-state index contributed by atoms with van der Waals surface area (Å²) in [5.41, 5.74) is 0. The first-order valence-corrected chi connectivity index (χ1v) is 5.55. The molecule has 1 fully saturated rings. The van der Waals surface area contributed by atoms with Crippen molar-refractivity contribution in [2.24, 2.45) is 0 Å². The van der Waals surface area contributed by atoms with Crippen molar-refractivity contribution in [3.63, 3.8) is 0 Å². The molecule has 1 aliphatic rings. The van der Waals surface area contributed by atoms with Crippen molar-refractivity contribution in [1.29, 1.82) is 0 Å². The topological polar surface area (TPSA) is 46.6 Å². The normalized spacial score (nSPS) is 15.3. The summed E-state index contributed by atoms with van der Waals surface area (Å²) in [6.07, 6.45) is 0.700. The molecule has 1 rings (SSSR count). The molecule has 88 valence electrons. The van der Waals surface area contributed by atoms with Gasteiger partial charge in [0.1, 0.15) is 5.78 Å². The van der Waals surface area contributed by atoms with Gasteiger partial charge in [0.2, 0.25) is 5.91 Å². The molecule has 0 radical (unpaired) electrons. The van der Waals surface area contributed by atoms with Gasteiger partial charge in [-0.3, -0.25) is 4.79 Å². The van der Waals surface area contributed by atoms with E-state index < -0.39 is 0 Å². The number of ketones is 1. The maximum atomic E-state index is 11.4. The van der Waals surface area contributed by atoms with E-state index >= 15 is 0 Å². The number of nitrogens with zero attached hydrogens (tertiary/aromatic N) is 1. The fraction of sp³-hybridized carbons (Fsp3) is 0.818. The van der Waals surface area contributed by atoms with E-state index in [1.54, 1.807) is 4.90 Å². The zero-order chi connectivity index (χ0) is 11.7. The van der Waals surface area contributed by atoms with Crippen LogP contribution < -0.4 is 0 Å². The maximum Gasteiger partial charge on any atom is 0.223 e. The molecule has 1 amide bonds. The molecule has 0 aromatic rings. The number of rotatable bonds is 3. The summed E-state index contributed by atoms with van der Waals surface area (Å²) < 4.78 is 5.11. The lowest BCUT2D eigenvalue weighted by Crippen LogP contribution is -2.40. The van der Waals surface area contributed by atoms with Crippen LogP contribution in [0.2, 0.25) is 0 Å². The summed E-state index contributed by atoms with van der Waals surface area (Å²) in [5, 5.41) is 0. The van der Waals surface area contributed by atoms with Gasteiger partial charge in [-0.05, 0) is 6.92 Å². The number of hydrogen-bond donors (Lipinski definition) is 0. The van der Waals surface area contributed by atoms with Gasteiger partial charge in [-0.1, -0.05) is 13.8 Å². The molecule has 0 atom stereocenters. The Hall–Kier alpha value is -0.900. The zero-order valence-electron chi connectivity index (χ0n) is 9.91. The van der Waals surface area contributed by atoms with Gasteiger partial charge < -0.3 is 14.4 Å². The molecule has 0 N–H and O–H groups in total. The number of morpholine rings is 1. The summed E-state index contributed by atoms with van der Waals surface area (Å²) in [6.45, 7) is 8.07. The fourth-order valence-electron chi connectivity index (χ4n) is 1.25. The minimum atomic E-state index is 0.0681. The summed E-state index contributed by atoms with van der Waals surface area (Å²) in [6, 6.07) is 0. The van der Waals surface area contributed by atoms with Gasteiger partial charge >= 0.3 is 0 Å². The minimum absolute atomic E-state index is 0.0681. The van der Waals surface area contributed by atoms with Crippen LogP contribution in [-0.2, 0) is 14.3 Å². The first-order chi connectivity index (χ1) is 7.20. The number of carbonyl (C=O) groups excluding carboxylic acids is 2. The van der Waals surface area contributed by atoms with Crippen molar-refractivity contribution in [1.82, 2.24) is 4.90 Å². The van der Waals surface area contributed by atoms with Crippen molar-refractivity contribution in [2.45, 2.75) is 33.6 Å². The molecular weight excluding hydrogens is 194 g/mol. The second-order valence-electron chi connectivity index (χ2n) is 3.20. The third-order valence-corrected chi connectivity index (χ3v) is 2.05. The van der Waals surface area contributed by atoms with Gasteiger partial charge in [0.15, 0.2) is 0 Å². The van der Waals surface area contributed by atoms with Crippen LogP contribution in [0, 0.1) is 0 Å². The number of Topliss-reactive ketones (excluding diaryl/α,β-unsaturated/α-hetero) is 1. The van der Waals surface area contributed by atoms with Gasteiger partial charge in [-0.15, -0.1) is 0 Å². The van der Waals surface area contributed by atoms with Crippen molar-refractivity contribution >= 4 is 11.7 Å². The van der Waals surface area contributed by atoms with E-state index in [4.69, 9.17) is 4.74 Å². The first kappa shape index (κ1) is 14.1. The average molecular weight is 215 g/mol. The average Bonchev–Trinajstić information content (AvgIpc) is 2.30. The molecule has 0 aromatic heterocycles. The van der Waals surface area contributed by atoms with E-state index in [0.717, 1.165) is 0 Å². The van der Waals surface area contributed by atoms with Crippen molar-refractivity contribution in [3.05, 3.63) is 0 Å². The largest absolute Gasteiger partial charge is 0.378 e. The van der Waals surface area contributed by atoms with Gasteiger partial charge in [0, 0.05) is 25.9 Å². The van der Waals surface area contributed by atoms with Crippen LogP contribution in [0.15, 0.2) is 0 Å². The molecule has 0 spiro atoms. The summed E-state index contributed by atoms with van der Waals surface area (Å²) in [5.74, 6) is 0.139. The Morgan fingerprint density at radius 1 is 1.13 bits per heavy atom. The monoisotopic (exact) mass is 215 g/mol. The highest BCUT2D eigenvalue weighted by atomic mass is 16.5. The lowest BCUT2D eigenvalue weighted by Gasteiger charge is -2.26. The molecule has 0 bridgehead atoms. The van der Waals surface area contributed by atoms with Crippen LogP contribution in [0.25, 0.3) is 0 Å². The fourth-order valence-corrected chi connectivity index (χ4v) is 1.25. The van der Waals surface area contributed by atoms with E-state index in [0.29, 0.717) is 39.1 Å². The van der Waals surface area contributed by atoms with Gasteiger partial charge in [0.25, 0.3) is 0 Å². The minimum Gasteiger partial charge on any atom is -0.378 e. The van der Waals surface area contributed by atoms with Gasteiger partial charge in [-0.25, -0.2) is 0 Å². The summed E-state index contributed by atoms with van der Waals surface area (Å²) >= 11 is 0. The molecule has 1 saturated heterocycles. The molecule has 4 nitrogen and oxygen atoms in total. The molecule has 0 aromatic carbocycles. The molecular formula is C11H21NO3. The van der Waals surface area contributed by atoms with Crippen molar-refractivity contribution < 1.29 is 14.3 Å². The molecule has 0 aliphatic carbocycles. The summed E-state index contributed by atoms with van der Waals surface area (Å²) in [7, 11) is 0. The van der Waals surface area contributed by atoms with Crippen LogP contribution in [0.1, 0.15) is 33.6 Å². The highest BCUT2D eigenvalue weighted by Crippen LogP contribution is 2.02. The Kier molecular flexibility index (Phi) is 7.91. The molecule has 4 heteroatoms. The number of carbonyl (C=O) groups is 2. The van der Waals surface area contributed by atoms with E-state index in [1.165, 1.54) is 6.92 Å². The Bertz CT molecular complexity index is 198. The second-order valence-corrected chi connectivity index (χ2v) is 3.20. The lowest BCUT2D eigenvalue weighted by atomic mass is 10.2. The van der Waals surface area contributed by atoms with Crippen molar-refractivity contribution in [3.8, 4) is 0 Å². The Balaban J connectivity index is 0.000000921. The standard InChI is InChI=1S/C9H15NO3.C2H6/c1-8(11)2-3-9(12)10-4-6-13-7-5-10;1-2/h2-7H2,1H3;1-2H3. The van der Waals surface area contributed by atoms with Crippen LogP contribution in [0.4, 0.5) is 0 Å². The van der Waals surface area contributed by atoms with Gasteiger partial charge in [0.05, 0.1) is 13.2 Å². The SMILES string of the molecule is CC.CC(=O)CCC(=O)N1CCOCC1. The number of ether oxygens (including phenoxy) is 1. The zero-order valence-corrected chi connectivity index (χ0v) is 9.91. The smallest absolute Gasteiger partial charge is 0.223 e. The maximum absolute atomic E-state index is 11.4. The second kappa shape index (κ2) is 8.41. The summed E-state index contributed by atoms with van der Waals surface area (Å²) in [4.78, 5) is 23.8. The van der Waals surface area contributed by atoms with E-state index in [-0.39, 0.29) is 11.7 Å². The number of hydrogen-bond acceptors (Lipinski definition) is 3. The van der Waals surface area contributed by atoms with Crippen LogP contribution >= 0.6 is 0 Å². The van der Waals surface area contributed by atoms with Crippen LogP contribution in [0.3, 0.4) is 0 Å². The molecule has 1 heterocycles. The molecule has 0 saturated carbocycles. The Morgan fingerprint density at radius 3 is 2.13 bits per heavy atom. The lowest BCUT2D eigenvalue weighted by molar-refractivity contribution is -0.136. The van der Waals surface area contributed by atoms with Gasteiger partial charge in [-0.2, -0.15) is 0 Å². The Morgan fingerprint density at radius 2 is 1.67 bits per heavy atom. The van der Waals surface area contributed by atoms with Crippen molar-refractivity contribution in [2.75, 3.05) is 26.3 Å². The highest BCUT2D eigenvalue weighted by Gasteiger charge is 2.16. The van der Waals surface area contributed by atoms with Crippen LogP contribution in [0.5, 0.6) is 0 Å². The number of amides is 1. The van der Waals surface area contributed by atoms with E-state index in [9.17, 15) is 9.59 Å². The predicted octanol–water partition coefficient (Wildman–Crippen LogP) is 1.24. The molecule has 0 unspecified atom stereocenters. The molecule has 15 heavy (non-hydrogen) atoms. The highest BCUT2D eigenvalue weighted by molar-refractivity contribution is 5.83. The Labute approximate surface area is 91.6 Å².